The lowest BCUT2D eigenvalue weighted by Gasteiger charge is -2.07. The Kier molecular flexibility index (Phi) is 5.29. The standard InChI is InChI=1S/C24H19N3O2/c1-17(18-9-11-19(12-10-18)20-13-15-25-16-14-20)27-29-24(28)26-23-8-4-6-21-5-2-3-7-22(21)23/h2-16H,1H3,(H,26,28)/b27-17+. The zero-order valence-electron chi connectivity index (χ0n) is 15.9. The molecule has 1 heterocycles. The molecule has 0 bridgehead atoms. The van der Waals surface area contributed by atoms with E-state index in [4.69, 9.17) is 4.84 Å². The van der Waals surface area contributed by atoms with Crippen LogP contribution in [0.2, 0.25) is 0 Å². The van der Waals surface area contributed by atoms with Crippen LogP contribution in [0.1, 0.15) is 12.5 Å². The van der Waals surface area contributed by atoms with Crippen molar-refractivity contribution in [1.29, 1.82) is 0 Å². The molecule has 0 atom stereocenters. The molecule has 0 saturated carbocycles. The van der Waals surface area contributed by atoms with Crippen molar-refractivity contribution >= 4 is 28.3 Å². The molecule has 5 nitrogen and oxygen atoms in total. The van der Waals surface area contributed by atoms with E-state index in [0.717, 1.165) is 27.5 Å². The van der Waals surface area contributed by atoms with Gasteiger partial charge in [-0.15, -0.1) is 0 Å². The number of anilines is 1. The van der Waals surface area contributed by atoms with Crippen LogP contribution >= 0.6 is 0 Å². The van der Waals surface area contributed by atoms with E-state index >= 15 is 0 Å². The number of carbonyl (C=O) groups is 1. The Bertz CT molecular complexity index is 1160. The number of oxime groups is 1. The lowest BCUT2D eigenvalue weighted by atomic mass is 10.0. The van der Waals surface area contributed by atoms with Crippen LogP contribution in [0.15, 0.2) is 96.4 Å². The molecule has 4 aromatic rings. The number of pyridine rings is 1. The topological polar surface area (TPSA) is 63.6 Å². The highest BCUT2D eigenvalue weighted by Gasteiger charge is 2.07. The molecule has 0 aliphatic carbocycles. The smallest absolute Gasteiger partial charge is 0.298 e. The summed E-state index contributed by atoms with van der Waals surface area (Å²) in [6.45, 7) is 1.80. The van der Waals surface area contributed by atoms with Crippen LogP contribution in [-0.4, -0.2) is 16.8 Å². The number of benzene rings is 3. The molecular weight excluding hydrogens is 362 g/mol. The number of carbonyl (C=O) groups excluding carboxylic acids is 1. The highest BCUT2D eigenvalue weighted by molar-refractivity contribution is 6.01. The fourth-order valence-corrected chi connectivity index (χ4v) is 3.08. The van der Waals surface area contributed by atoms with E-state index in [-0.39, 0.29) is 0 Å². The van der Waals surface area contributed by atoms with Gasteiger partial charge in [-0.05, 0) is 47.2 Å². The summed E-state index contributed by atoms with van der Waals surface area (Å²) >= 11 is 0. The maximum absolute atomic E-state index is 12.2. The SMILES string of the molecule is C/C(=N\OC(=O)Nc1cccc2ccccc12)c1ccc(-c2ccncc2)cc1. The van der Waals surface area contributed by atoms with Gasteiger partial charge in [0.1, 0.15) is 0 Å². The van der Waals surface area contributed by atoms with Gasteiger partial charge in [-0.2, -0.15) is 0 Å². The molecule has 29 heavy (non-hydrogen) atoms. The summed E-state index contributed by atoms with van der Waals surface area (Å²) in [5.74, 6) is 0. The Labute approximate surface area is 168 Å². The Morgan fingerprint density at radius 3 is 2.34 bits per heavy atom. The number of hydrogen-bond donors (Lipinski definition) is 1. The predicted molar refractivity (Wildman–Crippen MR) is 116 cm³/mol. The first-order valence-electron chi connectivity index (χ1n) is 9.22. The van der Waals surface area contributed by atoms with Gasteiger partial charge in [-0.3, -0.25) is 15.1 Å². The van der Waals surface area contributed by atoms with Gasteiger partial charge in [0, 0.05) is 17.8 Å². The summed E-state index contributed by atoms with van der Waals surface area (Å²) < 4.78 is 0. The molecule has 0 radical (unpaired) electrons. The highest BCUT2D eigenvalue weighted by Crippen LogP contribution is 2.23. The average Bonchev–Trinajstić information content (AvgIpc) is 2.78. The zero-order chi connectivity index (χ0) is 20.1. The first kappa shape index (κ1) is 18.4. The Hall–Kier alpha value is -3.99. The first-order valence-corrected chi connectivity index (χ1v) is 9.22. The normalized spacial score (nSPS) is 11.3. The third-order valence-corrected chi connectivity index (χ3v) is 4.61. The van der Waals surface area contributed by atoms with E-state index < -0.39 is 6.09 Å². The molecule has 0 unspecified atom stereocenters. The van der Waals surface area contributed by atoms with Crippen molar-refractivity contribution in [3.63, 3.8) is 0 Å². The minimum Gasteiger partial charge on any atom is -0.298 e. The minimum absolute atomic E-state index is 0.611. The average molecular weight is 381 g/mol. The molecule has 0 fully saturated rings. The van der Waals surface area contributed by atoms with Crippen LogP contribution in [0.5, 0.6) is 0 Å². The fraction of sp³-hybridized carbons (Fsp3) is 0.0417. The van der Waals surface area contributed by atoms with Gasteiger partial charge in [0.15, 0.2) is 0 Å². The van der Waals surface area contributed by atoms with Gasteiger partial charge in [0.2, 0.25) is 0 Å². The number of fused-ring (bicyclic) bond motifs is 1. The Morgan fingerprint density at radius 1 is 0.862 bits per heavy atom. The van der Waals surface area contributed by atoms with Gasteiger partial charge < -0.3 is 0 Å². The van der Waals surface area contributed by atoms with Crippen molar-refractivity contribution in [3.8, 4) is 11.1 Å². The molecule has 142 valence electrons. The molecule has 5 heteroatoms. The molecule has 0 spiro atoms. The second-order valence-corrected chi connectivity index (χ2v) is 6.52. The van der Waals surface area contributed by atoms with Gasteiger partial charge in [0.05, 0.1) is 11.4 Å². The number of nitrogens with zero attached hydrogens (tertiary/aromatic N) is 2. The van der Waals surface area contributed by atoms with E-state index in [1.807, 2.05) is 78.9 Å². The summed E-state index contributed by atoms with van der Waals surface area (Å²) in [4.78, 5) is 21.3. The van der Waals surface area contributed by atoms with Crippen LogP contribution in [0.25, 0.3) is 21.9 Å². The van der Waals surface area contributed by atoms with E-state index in [1.54, 1.807) is 19.3 Å². The second kappa shape index (κ2) is 8.35. The number of aromatic nitrogens is 1. The van der Waals surface area contributed by atoms with Crippen molar-refractivity contribution in [2.75, 3.05) is 5.32 Å². The Morgan fingerprint density at radius 2 is 1.55 bits per heavy atom. The molecule has 3 aromatic carbocycles. The third-order valence-electron chi connectivity index (χ3n) is 4.61. The summed E-state index contributed by atoms with van der Waals surface area (Å²) in [6, 6.07) is 25.3. The lowest BCUT2D eigenvalue weighted by molar-refractivity contribution is 0.166. The largest absolute Gasteiger partial charge is 0.437 e. The quantitative estimate of drug-likeness (QED) is 0.273. The van der Waals surface area contributed by atoms with Crippen LogP contribution in [0.3, 0.4) is 0 Å². The van der Waals surface area contributed by atoms with Crippen LogP contribution in [0, 0.1) is 0 Å². The predicted octanol–water partition coefficient (Wildman–Crippen LogP) is 5.87. The van der Waals surface area contributed by atoms with Gasteiger partial charge in [-0.1, -0.05) is 65.8 Å². The van der Waals surface area contributed by atoms with Crippen molar-refractivity contribution < 1.29 is 9.63 Å². The van der Waals surface area contributed by atoms with Crippen molar-refractivity contribution in [2.24, 2.45) is 5.16 Å². The maximum Gasteiger partial charge on any atom is 0.437 e. The fourth-order valence-electron chi connectivity index (χ4n) is 3.08. The zero-order valence-corrected chi connectivity index (χ0v) is 15.9. The number of amides is 1. The maximum atomic E-state index is 12.2. The second-order valence-electron chi connectivity index (χ2n) is 6.52. The minimum atomic E-state index is -0.630. The van der Waals surface area contributed by atoms with Crippen LogP contribution in [-0.2, 0) is 4.84 Å². The Balaban J connectivity index is 1.43. The molecule has 0 aliphatic heterocycles. The number of nitrogens with one attached hydrogen (secondary N) is 1. The monoisotopic (exact) mass is 381 g/mol. The summed E-state index contributed by atoms with van der Waals surface area (Å²) in [7, 11) is 0. The third kappa shape index (κ3) is 4.30. The van der Waals surface area contributed by atoms with Crippen LogP contribution in [0.4, 0.5) is 10.5 Å². The first-order chi connectivity index (χ1) is 14.2. The van der Waals surface area contributed by atoms with Crippen LogP contribution < -0.4 is 5.32 Å². The summed E-state index contributed by atoms with van der Waals surface area (Å²) in [5.41, 5.74) is 4.34. The van der Waals surface area contributed by atoms with Crippen molar-refractivity contribution in [3.05, 3.63) is 96.8 Å². The molecule has 4 rings (SSSR count). The van der Waals surface area contributed by atoms with E-state index in [9.17, 15) is 4.79 Å². The summed E-state index contributed by atoms with van der Waals surface area (Å²) in [6.07, 6.45) is 2.89. The molecule has 0 saturated heterocycles. The molecule has 0 aliphatic rings. The van der Waals surface area contributed by atoms with Gasteiger partial charge in [-0.25, -0.2) is 4.79 Å². The lowest BCUT2D eigenvalue weighted by Crippen LogP contribution is -2.12. The molecular formula is C24H19N3O2. The van der Waals surface area contributed by atoms with Crippen molar-refractivity contribution in [1.82, 2.24) is 4.98 Å². The van der Waals surface area contributed by atoms with Crippen molar-refractivity contribution in [2.45, 2.75) is 6.92 Å². The number of hydrogen-bond acceptors (Lipinski definition) is 4. The molecule has 1 aromatic heterocycles. The van der Waals surface area contributed by atoms with E-state index in [1.165, 1.54) is 0 Å². The highest BCUT2D eigenvalue weighted by atomic mass is 16.7. The number of rotatable bonds is 4. The molecule has 1 N–H and O–H groups in total. The summed E-state index contributed by atoms with van der Waals surface area (Å²) in [5, 5.41) is 8.70. The van der Waals surface area contributed by atoms with E-state index in [0.29, 0.717) is 11.4 Å². The van der Waals surface area contributed by atoms with Gasteiger partial charge in [0.25, 0.3) is 0 Å². The molecule has 1 amide bonds. The van der Waals surface area contributed by atoms with E-state index in [2.05, 4.69) is 15.5 Å². The van der Waals surface area contributed by atoms with Gasteiger partial charge >= 0.3 is 6.09 Å².